The Balaban J connectivity index is 1.58. The third-order valence-corrected chi connectivity index (χ3v) is 12.7. The lowest BCUT2D eigenvalue weighted by atomic mass is 9.35. The van der Waals surface area contributed by atoms with Crippen molar-refractivity contribution in [3.63, 3.8) is 0 Å². The zero-order chi connectivity index (χ0) is 23.7. The summed E-state index contributed by atoms with van der Waals surface area (Å²) < 4.78 is 0. The molecule has 10 atom stereocenters. The van der Waals surface area contributed by atoms with Gasteiger partial charge in [-0.05, 0) is 110 Å². The van der Waals surface area contributed by atoms with Gasteiger partial charge in [0.2, 0.25) is 0 Å². The van der Waals surface area contributed by atoms with Gasteiger partial charge in [0.1, 0.15) is 5.78 Å². The molecule has 0 bridgehead atoms. The van der Waals surface area contributed by atoms with Crippen molar-refractivity contribution in [2.45, 2.75) is 119 Å². The van der Waals surface area contributed by atoms with Crippen molar-refractivity contribution in [3.05, 3.63) is 12.2 Å². The van der Waals surface area contributed by atoms with Crippen LogP contribution in [0.1, 0.15) is 113 Å². The molecule has 4 fully saturated rings. The van der Waals surface area contributed by atoms with Crippen molar-refractivity contribution in [1.29, 1.82) is 0 Å². The Hall–Kier alpha value is -0.630. The molecule has 4 saturated carbocycles. The third kappa shape index (κ3) is 3.24. The van der Waals surface area contributed by atoms with Crippen LogP contribution < -0.4 is 0 Å². The molecule has 0 spiro atoms. The van der Waals surface area contributed by atoms with Crippen LogP contribution in [0.4, 0.5) is 0 Å². The number of hydrogen-bond acceptors (Lipinski definition) is 2. The SMILES string of the molecule is C=C(C)[C@H](O)CC[C@@H](C)[C@H]1CC[C@@]2(C)[C@@H]3CC[C@@]4(C)[C@@H](CCC(=O)[C@@H]4C)[C@]3(C)CC[C@]12C. The van der Waals surface area contributed by atoms with Crippen LogP contribution in [0.3, 0.4) is 0 Å². The highest BCUT2D eigenvalue weighted by Crippen LogP contribution is 2.76. The van der Waals surface area contributed by atoms with Gasteiger partial charge < -0.3 is 5.11 Å². The number of Topliss-reactive ketones (excluding diaryl/α,β-unsaturated/α-hetero) is 1. The van der Waals surface area contributed by atoms with Gasteiger partial charge in [-0.25, -0.2) is 0 Å². The summed E-state index contributed by atoms with van der Waals surface area (Å²) in [4.78, 5) is 12.7. The minimum atomic E-state index is -0.347. The number of carbonyl (C=O) groups is 1. The van der Waals surface area contributed by atoms with Crippen molar-refractivity contribution in [3.8, 4) is 0 Å². The molecule has 0 saturated heterocycles. The molecule has 0 aromatic rings. The summed E-state index contributed by atoms with van der Waals surface area (Å²) in [5.74, 6) is 3.65. The maximum atomic E-state index is 12.7. The molecular weight excluding hydrogens is 392 g/mol. The van der Waals surface area contributed by atoms with Crippen molar-refractivity contribution in [2.75, 3.05) is 0 Å². The second-order valence-electron chi connectivity index (χ2n) is 13.8. The molecule has 0 unspecified atom stereocenters. The highest BCUT2D eigenvalue weighted by Gasteiger charge is 2.69. The number of fused-ring (bicyclic) bond motifs is 5. The number of aliphatic hydroxyl groups excluding tert-OH is 1. The molecule has 4 rings (SSSR count). The van der Waals surface area contributed by atoms with E-state index in [0.717, 1.165) is 43.1 Å². The van der Waals surface area contributed by atoms with E-state index in [9.17, 15) is 9.90 Å². The predicted molar refractivity (Wildman–Crippen MR) is 133 cm³/mol. The second-order valence-corrected chi connectivity index (χ2v) is 13.8. The Kier molecular flexibility index (Phi) is 6.09. The minimum absolute atomic E-state index is 0.203. The van der Waals surface area contributed by atoms with E-state index < -0.39 is 0 Å². The van der Waals surface area contributed by atoms with Gasteiger partial charge in [-0.2, -0.15) is 0 Å². The van der Waals surface area contributed by atoms with Gasteiger partial charge in [0.25, 0.3) is 0 Å². The summed E-state index contributed by atoms with van der Waals surface area (Å²) >= 11 is 0. The molecule has 1 N–H and O–H groups in total. The molecule has 32 heavy (non-hydrogen) atoms. The maximum Gasteiger partial charge on any atom is 0.136 e. The van der Waals surface area contributed by atoms with E-state index in [1.54, 1.807) is 0 Å². The molecule has 0 amide bonds. The summed E-state index contributed by atoms with van der Waals surface area (Å²) in [6.45, 7) is 21.0. The van der Waals surface area contributed by atoms with E-state index in [2.05, 4.69) is 48.1 Å². The van der Waals surface area contributed by atoms with Crippen LogP contribution in [0.2, 0.25) is 0 Å². The monoisotopic (exact) mass is 442 g/mol. The molecule has 0 radical (unpaired) electrons. The average molecular weight is 443 g/mol. The molecule has 0 aromatic carbocycles. The Labute approximate surface area is 198 Å². The van der Waals surface area contributed by atoms with E-state index in [1.165, 1.54) is 38.5 Å². The van der Waals surface area contributed by atoms with Crippen LogP contribution in [-0.4, -0.2) is 17.0 Å². The third-order valence-electron chi connectivity index (χ3n) is 12.7. The minimum Gasteiger partial charge on any atom is -0.389 e. The fourth-order valence-corrected chi connectivity index (χ4v) is 10.2. The standard InChI is InChI=1S/C30H50O2/c1-19(2)23(31)10-9-20(3)22-13-16-30(8)26-14-15-27(5)21(4)24(32)11-12-25(27)28(26,6)17-18-29(22,30)7/h20-23,25-26,31H,1,9-18H2,2-8H3/t20-,21+,22-,23-,25-,26-,27-,28+,29-,30+/m1/s1. The Bertz CT molecular complexity index is 771. The van der Waals surface area contributed by atoms with Crippen molar-refractivity contribution in [1.82, 2.24) is 0 Å². The topological polar surface area (TPSA) is 37.3 Å². The lowest BCUT2D eigenvalue weighted by Crippen LogP contribution is -2.62. The largest absolute Gasteiger partial charge is 0.389 e. The van der Waals surface area contributed by atoms with E-state index >= 15 is 0 Å². The summed E-state index contributed by atoms with van der Waals surface area (Å²) in [6.07, 6.45) is 11.5. The Morgan fingerprint density at radius 3 is 2.31 bits per heavy atom. The molecular formula is C30H50O2. The molecule has 0 aromatic heterocycles. The molecule has 4 aliphatic rings. The lowest BCUT2D eigenvalue weighted by Gasteiger charge is -2.69. The fraction of sp³-hybridized carbons (Fsp3) is 0.900. The number of aliphatic hydroxyl groups is 1. The predicted octanol–water partition coefficient (Wildman–Crippen LogP) is 7.59. The summed E-state index contributed by atoms with van der Waals surface area (Å²) in [6, 6.07) is 0. The normalized spacial score (nSPS) is 50.2. The number of hydrogen-bond donors (Lipinski definition) is 1. The highest BCUT2D eigenvalue weighted by atomic mass is 16.3. The van der Waals surface area contributed by atoms with Crippen molar-refractivity contribution in [2.24, 2.45) is 51.2 Å². The van der Waals surface area contributed by atoms with E-state index in [1.807, 2.05) is 6.92 Å². The van der Waals surface area contributed by atoms with Gasteiger partial charge >= 0.3 is 0 Å². The van der Waals surface area contributed by atoms with Gasteiger partial charge in [0.05, 0.1) is 6.10 Å². The van der Waals surface area contributed by atoms with Gasteiger partial charge in [-0.3, -0.25) is 4.79 Å². The number of rotatable bonds is 5. The zero-order valence-electron chi connectivity index (χ0n) is 22.1. The second kappa shape index (κ2) is 7.96. The molecule has 182 valence electrons. The lowest BCUT2D eigenvalue weighted by molar-refractivity contribution is -0.202. The van der Waals surface area contributed by atoms with Crippen LogP contribution in [0.5, 0.6) is 0 Å². The zero-order valence-corrected chi connectivity index (χ0v) is 22.1. The van der Waals surface area contributed by atoms with Crippen LogP contribution >= 0.6 is 0 Å². The van der Waals surface area contributed by atoms with Crippen molar-refractivity contribution < 1.29 is 9.90 Å². The summed E-state index contributed by atoms with van der Waals surface area (Å²) in [5.41, 5.74) is 2.28. The summed E-state index contributed by atoms with van der Waals surface area (Å²) in [5, 5.41) is 10.3. The van der Waals surface area contributed by atoms with Gasteiger partial charge in [0.15, 0.2) is 0 Å². The number of carbonyl (C=O) groups excluding carboxylic acids is 1. The Morgan fingerprint density at radius 2 is 1.66 bits per heavy atom. The van der Waals surface area contributed by atoms with Gasteiger partial charge in [-0.1, -0.05) is 53.7 Å². The van der Waals surface area contributed by atoms with Crippen LogP contribution in [-0.2, 0) is 4.79 Å². The van der Waals surface area contributed by atoms with E-state index in [0.29, 0.717) is 33.9 Å². The number of ketones is 1. The van der Waals surface area contributed by atoms with Gasteiger partial charge in [0, 0.05) is 12.3 Å². The first-order valence-electron chi connectivity index (χ1n) is 13.7. The molecule has 0 aliphatic heterocycles. The average Bonchev–Trinajstić information content (AvgIpc) is 3.00. The maximum absolute atomic E-state index is 12.7. The molecule has 0 heterocycles. The Morgan fingerprint density at radius 1 is 0.969 bits per heavy atom. The van der Waals surface area contributed by atoms with Gasteiger partial charge in [-0.15, -0.1) is 0 Å². The molecule has 4 aliphatic carbocycles. The van der Waals surface area contributed by atoms with Crippen LogP contribution in [0.15, 0.2) is 12.2 Å². The first kappa shape index (κ1) is 24.5. The molecule has 2 nitrogen and oxygen atoms in total. The fourth-order valence-electron chi connectivity index (χ4n) is 10.2. The first-order chi connectivity index (χ1) is 14.8. The molecule has 2 heteroatoms. The first-order valence-corrected chi connectivity index (χ1v) is 13.7. The highest BCUT2D eigenvalue weighted by molar-refractivity contribution is 5.82. The van der Waals surface area contributed by atoms with E-state index in [-0.39, 0.29) is 17.4 Å². The van der Waals surface area contributed by atoms with Crippen LogP contribution in [0.25, 0.3) is 0 Å². The van der Waals surface area contributed by atoms with Crippen molar-refractivity contribution >= 4 is 5.78 Å². The quantitative estimate of drug-likeness (QED) is 0.445. The smallest absolute Gasteiger partial charge is 0.136 e. The summed E-state index contributed by atoms with van der Waals surface area (Å²) in [7, 11) is 0. The van der Waals surface area contributed by atoms with E-state index in [4.69, 9.17) is 0 Å². The van der Waals surface area contributed by atoms with Crippen LogP contribution in [0, 0.1) is 51.2 Å².